The Hall–Kier alpha value is -3.12. The summed E-state index contributed by atoms with van der Waals surface area (Å²) < 4.78 is 6.92. The van der Waals surface area contributed by atoms with Crippen LogP contribution in [0.25, 0.3) is 0 Å². The monoisotopic (exact) mass is 411 g/mol. The minimum absolute atomic E-state index is 0.170. The number of ether oxygens (including phenoxy) is 1. The summed E-state index contributed by atoms with van der Waals surface area (Å²) in [7, 11) is 0. The number of aromatic nitrogens is 2. The van der Waals surface area contributed by atoms with E-state index in [1.54, 1.807) is 11.6 Å². The Bertz CT molecular complexity index is 1020. The number of esters is 1. The Morgan fingerprint density at radius 1 is 1.07 bits per heavy atom. The molecule has 6 nitrogen and oxygen atoms in total. The molecule has 0 aliphatic heterocycles. The normalized spacial score (nSPS) is 10.6. The molecule has 29 heavy (non-hydrogen) atoms. The number of amides is 1. The number of carbonyl (C=O) groups is 2. The van der Waals surface area contributed by atoms with Gasteiger partial charge in [0.15, 0.2) is 0 Å². The smallest absolute Gasteiger partial charge is 0.325 e. The molecular weight excluding hydrogens is 390 g/mol. The molecule has 1 aromatic heterocycles. The number of benzene rings is 2. The van der Waals surface area contributed by atoms with Crippen LogP contribution in [0.1, 0.15) is 32.9 Å². The predicted octanol–water partition coefficient (Wildman–Crippen LogP) is 3.67. The summed E-state index contributed by atoms with van der Waals surface area (Å²) in [5.41, 5.74) is 3.55. The molecule has 0 aliphatic carbocycles. The molecule has 0 saturated carbocycles. The first-order chi connectivity index (χ1) is 14.0. The molecule has 7 heteroatoms. The average molecular weight is 412 g/mol. The highest BCUT2D eigenvalue weighted by Gasteiger charge is 2.20. The third-order valence-electron chi connectivity index (χ3n) is 4.52. The molecule has 0 bridgehead atoms. The maximum atomic E-state index is 12.6. The van der Waals surface area contributed by atoms with Crippen molar-refractivity contribution in [1.29, 1.82) is 0 Å². The van der Waals surface area contributed by atoms with Gasteiger partial charge in [0.05, 0.1) is 17.8 Å². The van der Waals surface area contributed by atoms with Crippen molar-refractivity contribution < 1.29 is 14.3 Å². The number of rotatable bonds is 7. The molecule has 3 aromatic rings. The zero-order chi connectivity index (χ0) is 20.8. The summed E-state index contributed by atoms with van der Waals surface area (Å²) >= 11 is 6.22. The summed E-state index contributed by atoms with van der Waals surface area (Å²) in [5, 5.41) is 7.71. The topological polar surface area (TPSA) is 73.2 Å². The largest absolute Gasteiger partial charge is 0.460 e. The third kappa shape index (κ3) is 5.23. The highest BCUT2D eigenvalue weighted by Crippen LogP contribution is 2.19. The number of aryl methyl sites for hydroxylation is 1. The van der Waals surface area contributed by atoms with Crippen molar-refractivity contribution in [2.75, 3.05) is 6.54 Å². The summed E-state index contributed by atoms with van der Waals surface area (Å²) in [6, 6.07) is 16.9. The van der Waals surface area contributed by atoms with Crippen molar-refractivity contribution in [3.05, 3.63) is 87.7 Å². The molecule has 0 aliphatic rings. The molecule has 150 valence electrons. The lowest BCUT2D eigenvalue weighted by atomic mass is 10.1. The molecular formula is C22H22ClN3O3. The summed E-state index contributed by atoms with van der Waals surface area (Å²) in [5.74, 6) is -0.858. The number of carbonyl (C=O) groups excluding carboxylic acids is 2. The molecule has 0 spiro atoms. The molecule has 1 heterocycles. The Morgan fingerprint density at radius 2 is 1.76 bits per heavy atom. The average Bonchev–Trinajstić information content (AvgIpc) is 3.00. The lowest BCUT2D eigenvalue weighted by Gasteiger charge is -2.08. The molecule has 3 rings (SSSR count). The number of hydrogen-bond donors (Lipinski definition) is 1. The molecule has 0 radical (unpaired) electrons. The van der Waals surface area contributed by atoms with Crippen LogP contribution >= 0.6 is 11.6 Å². The van der Waals surface area contributed by atoms with Crippen molar-refractivity contribution in [2.24, 2.45) is 0 Å². The van der Waals surface area contributed by atoms with Crippen LogP contribution in [-0.4, -0.2) is 28.2 Å². The van der Waals surface area contributed by atoms with Gasteiger partial charge in [0.2, 0.25) is 0 Å². The number of nitrogens with zero attached hydrogens (tertiary/aromatic N) is 2. The van der Waals surface area contributed by atoms with Crippen LogP contribution in [0.4, 0.5) is 0 Å². The van der Waals surface area contributed by atoms with Crippen LogP contribution in [0.5, 0.6) is 0 Å². The number of halogens is 1. The summed E-state index contributed by atoms with van der Waals surface area (Å²) in [6.45, 7) is 4.00. The molecule has 0 fully saturated rings. The van der Waals surface area contributed by atoms with Crippen molar-refractivity contribution >= 4 is 23.5 Å². The molecule has 1 N–H and O–H groups in total. The standard InChI is InChI=1S/C22H22ClN3O3/c1-15-21(16(2)26(25-15)13-18-10-6-7-11-19(18)23)22(28)24-12-20(27)29-14-17-8-4-3-5-9-17/h3-11H,12-14H2,1-2H3,(H,24,28). The maximum absolute atomic E-state index is 12.6. The fourth-order valence-corrected chi connectivity index (χ4v) is 3.19. The van der Waals surface area contributed by atoms with E-state index in [2.05, 4.69) is 10.4 Å². The Morgan fingerprint density at radius 3 is 2.48 bits per heavy atom. The van der Waals surface area contributed by atoms with Crippen LogP contribution < -0.4 is 5.32 Å². The van der Waals surface area contributed by atoms with Crippen molar-refractivity contribution in [3.8, 4) is 0 Å². The Labute approximate surface area is 174 Å². The second kappa shape index (κ2) is 9.39. The van der Waals surface area contributed by atoms with Crippen molar-refractivity contribution in [3.63, 3.8) is 0 Å². The van der Waals surface area contributed by atoms with E-state index in [1.165, 1.54) is 0 Å². The quantitative estimate of drug-likeness (QED) is 0.602. The van der Waals surface area contributed by atoms with Gasteiger partial charge in [-0.1, -0.05) is 60.1 Å². The molecule has 1 amide bonds. The highest BCUT2D eigenvalue weighted by molar-refractivity contribution is 6.31. The van der Waals surface area contributed by atoms with Gasteiger partial charge in [-0.05, 0) is 31.0 Å². The van der Waals surface area contributed by atoms with E-state index in [0.717, 1.165) is 11.1 Å². The number of hydrogen-bond acceptors (Lipinski definition) is 4. The van der Waals surface area contributed by atoms with Gasteiger partial charge >= 0.3 is 5.97 Å². The Kier molecular flexibility index (Phi) is 6.67. The van der Waals surface area contributed by atoms with E-state index >= 15 is 0 Å². The molecule has 0 unspecified atom stereocenters. The summed E-state index contributed by atoms with van der Waals surface area (Å²) in [4.78, 5) is 24.5. The SMILES string of the molecule is Cc1nn(Cc2ccccc2Cl)c(C)c1C(=O)NCC(=O)OCc1ccccc1. The van der Waals surface area contributed by atoms with Gasteiger partial charge in [-0.15, -0.1) is 0 Å². The van der Waals surface area contributed by atoms with E-state index in [-0.39, 0.29) is 19.1 Å². The molecule has 0 saturated heterocycles. The number of nitrogens with one attached hydrogen (secondary N) is 1. The molecule has 2 aromatic carbocycles. The van der Waals surface area contributed by atoms with Crippen LogP contribution in [0.15, 0.2) is 54.6 Å². The zero-order valence-electron chi connectivity index (χ0n) is 16.3. The van der Waals surface area contributed by atoms with Gasteiger partial charge in [0, 0.05) is 10.7 Å². The second-order valence-corrected chi connectivity index (χ2v) is 7.03. The highest BCUT2D eigenvalue weighted by atomic mass is 35.5. The fourth-order valence-electron chi connectivity index (χ4n) is 3.00. The minimum atomic E-state index is -0.499. The third-order valence-corrected chi connectivity index (χ3v) is 4.89. The van der Waals surface area contributed by atoms with Crippen LogP contribution in [0.2, 0.25) is 5.02 Å². The first-order valence-corrected chi connectivity index (χ1v) is 9.58. The summed E-state index contributed by atoms with van der Waals surface area (Å²) in [6.07, 6.45) is 0. The van der Waals surface area contributed by atoms with Crippen molar-refractivity contribution in [2.45, 2.75) is 27.0 Å². The minimum Gasteiger partial charge on any atom is -0.460 e. The maximum Gasteiger partial charge on any atom is 0.325 e. The second-order valence-electron chi connectivity index (χ2n) is 6.62. The van der Waals surface area contributed by atoms with Crippen molar-refractivity contribution in [1.82, 2.24) is 15.1 Å². The fraction of sp³-hybridized carbons (Fsp3) is 0.227. The lowest BCUT2D eigenvalue weighted by Crippen LogP contribution is -2.31. The van der Waals surface area contributed by atoms with Gasteiger partial charge < -0.3 is 10.1 Å². The van der Waals surface area contributed by atoms with E-state index in [0.29, 0.717) is 28.5 Å². The van der Waals surface area contributed by atoms with E-state index in [9.17, 15) is 9.59 Å². The Balaban J connectivity index is 1.60. The lowest BCUT2D eigenvalue weighted by molar-refractivity contribution is -0.143. The zero-order valence-corrected chi connectivity index (χ0v) is 17.1. The van der Waals surface area contributed by atoms with Gasteiger partial charge in [-0.2, -0.15) is 5.10 Å². The van der Waals surface area contributed by atoms with Gasteiger partial charge in [-0.25, -0.2) is 0 Å². The van der Waals surface area contributed by atoms with E-state index < -0.39 is 5.97 Å². The van der Waals surface area contributed by atoms with Crippen LogP contribution in [0.3, 0.4) is 0 Å². The first kappa shape index (κ1) is 20.6. The van der Waals surface area contributed by atoms with Crippen LogP contribution in [-0.2, 0) is 22.7 Å². The predicted molar refractivity (Wildman–Crippen MR) is 111 cm³/mol. The van der Waals surface area contributed by atoms with Gasteiger partial charge in [0.25, 0.3) is 5.91 Å². The van der Waals surface area contributed by atoms with E-state index in [1.807, 2.05) is 61.5 Å². The van der Waals surface area contributed by atoms with Gasteiger partial charge in [-0.3, -0.25) is 14.3 Å². The first-order valence-electron chi connectivity index (χ1n) is 9.21. The van der Waals surface area contributed by atoms with Gasteiger partial charge in [0.1, 0.15) is 13.2 Å². The van der Waals surface area contributed by atoms with Crippen LogP contribution in [0, 0.1) is 13.8 Å². The molecule has 0 atom stereocenters. The van der Waals surface area contributed by atoms with E-state index in [4.69, 9.17) is 16.3 Å².